The van der Waals surface area contributed by atoms with E-state index in [1.54, 1.807) is 0 Å². The number of ketones is 1. The molecule has 0 aromatic heterocycles. The third-order valence-corrected chi connectivity index (χ3v) is 4.24. The predicted molar refractivity (Wildman–Crippen MR) is 79.0 cm³/mol. The fraction of sp³-hybridized carbons (Fsp3) is 0.562. The standard InChI is InChI=1S/C16H22N2O2/c19-16-6-11-20-13-14(16)12-17-7-9-18(10-8-17)15-4-2-1-3-5-15/h1-5,14H,6-13H2. The highest BCUT2D eigenvalue weighted by Gasteiger charge is 2.26. The van der Waals surface area contributed by atoms with Gasteiger partial charge in [-0.05, 0) is 12.1 Å². The topological polar surface area (TPSA) is 32.8 Å². The summed E-state index contributed by atoms with van der Waals surface area (Å²) in [6.07, 6.45) is 0.592. The van der Waals surface area contributed by atoms with Crippen LogP contribution in [0.15, 0.2) is 30.3 Å². The minimum absolute atomic E-state index is 0.0898. The van der Waals surface area contributed by atoms with Gasteiger partial charge >= 0.3 is 0 Å². The molecule has 0 spiro atoms. The molecule has 0 bridgehead atoms. The molecule has 0 saturated carbocycles. The van der Waals surface area contributed by atoms with Gasteiger partial charge in [0.15, 0.2) is 0 Å². The lowest BCUT2D eigenvalue weighted by atomic mass is 9.99. The van der Waals surface area contributed by atoms with Crippen LogP contribution >= 0.6 is 0 Å². The number of anilines is 1. The Balaban J connectivity index is 1.50. The van der Waals surface area contributed by atoms with Crippen LogP contribution in [0.4, 0.5) is 5.69 Å². The molecule has 0 amide bonds. The normalized spacial score (nSPS) is 24.9. The summed E-state index contributed by atoms with van der Waals surface area (Å²) in [4.78, 5) is 16.6. The maximum atomic E-state index is 11.8. The van der Waals surface area contributed by atoms with Gasteiger partial charge in [-0.2, -0.15) is 0 Å². The van der Waals surface area contributed by atoms with Crippen molar-refractivity contribution >= 4 is 11.5 Å². The maximum absolute atomic E-state index is 11.8. The van der Waals surface area contributed by atoms with E-state index in [1.807, 2.05) is 0 Å². The van der Waals surface area contributed by atoms with Crippen molar-refractivity contribution in [3.8, 4) is 0 Å². The number of ether oxygens (including phenoxy) is 1. The number of carbonyl (C=O) groups excluding carboxylic acids is 1. The van der Waals surface area contributed by atoms with Crippen molar-refractivity contribution in [2.75, 3.05) is 50.8 Å². The number of piperazine rings is 1. The predicted octanol–water partition coefficient (Wildman–Crippen LogP) is 1.41. The van der Waals surface area contributed by atoms with Gasteiger partial charge in [0.2, 0.25) is 0 Å². The first-order valence-corrected chi connectivity index (χ1v) is 7.46. The highest BCUT2D eigenvalue weighted by atomic mass is 16.5. The molecule has 2 heterocycles. The lowest BCUT2D eigenvalue weighted by molar-refractivity contribution is -0.131. The Morgan fingerprint density at radius 1 is 1.10 bits per heavy atom. The van der Waals surface area contributed by atoms with E-state index in [9.17, 15) is 4.79 Å². The van der Waals surface area contributed by atoms with Gasteiger partial charge in [0.25, 0.3) is 0 Å². The van der Waals surface area contributed by atoms with E-state index in [0.29, 0.717) is 25.4 Å². The van der Waals surface area contributed by atoms with Crippen LogP contribution in [0.1, 0.15) is 6.42 Å². The Hall–Kier alpha value is -1.39. The van der Waals surface area contributed by atoms with Crippen LogP contribution in [-0.4, -0.2) is 56.6 Å². The van der Waals surface area contributed by atoms with Gasteiger partial charge < -0.3 is 9.64 Å². The summed E-state index contributed by atoms with van der Waals surface area (Å²) in [5, 5.41) is 0. The number of rotatable bonds is 3. The number of Topliss-reactive ketones (excluding diaryl/α,β-unsaturated/α-hetero) is 1. The fourth-order valence-electron chi connectivity index (χ4n) is 2.99. The van der Waals surface area contributed by atoms with E-state index in [1.165, 1.54) is 5.69 Å². The number of benzene rings is 1. The highest BCUT2D eigenvalue weighted by molar-refractivity contribution is 5.82. The molecule has 4 nitrogen and oxygen atoms in total. The number of hydrogen-bond acceptors (Lipinski definition) is 4. The molecule has 4 heteroatoms. The second-order valence-electron chi connectivity index (χ2n) is 5.61. The van der Waals surface area contributed by atoms with Gasteiger partial charge in [-0.1, -0.05) is 18.2 Å². The van der Waals surface area contributed by atoms with Crippen LogP contribution in [0.25, 0.3) is 0 Å². The molecule has 1 unspecified atom stereocenters. The first kappa shape index (κ1) is 13.6. The Morgan fingerprint density at radius 3 is 2.55 bits per heavy atom. The molecular formula is C16H22N2O2. The zero-order valence-electron chi connectivity index (χ0n) is 11.8. The summed E-state index contributed by atoms with van der Waals surface area (Å²) in [5.41, 5.74) is 1.30. The highest BCUT2D eigenvalue weighted by Crippen LogP contribution is 2.17. The monoisotopic (exact) mass is 274 g/mol. The molecule has 108 valence electrons. The van der Waals surface area contributed by atoms with Crippen molar-refractivity contribution < 1.29 is 9.53 Å². The summed E-state index contributed by atoms with van der Waals surface area (Å²) in [5.74, 6) is 0.466. The van der Waals surface area contributed by atoms with Gasteiger partial charge in [0.1, 0.15) is 5.78 Å². The van der Waals surface area contributed by atoms with E-state index >= 15 is 0 Å². The first-order valence-electron chi connectivity index (χ1n) is 7.46. The molecular weight excluding hydrogens is 252 g/mol. The molecule has 2 fully saturated rings. The molecule has 2 saturated heterocycles. The van der Waals surface area contributed by atoms with Crippen molar-refractivity contribution in [1.82, 2.24) is 4.90 Å². The minimum atomic E-state index is 0.0898. The maximum Gasteiger partial charge on any atom is 0.141 e. The van der Waals surface area contributed by atoms with Crippen LogP contribution in [0.5, 0.6) is 0 Å². The van der Waals surface area contributed by atoms with E-state index in [-0.39, 0.29) is 5.92 Å². The number of carbonyl (C=O) groups is 1. The SMILES string of the molecule is O=C1CCOCC1CN1CCN(c2ccccc2)CC1. The number of para-hydroxylation sites is 1. The van der Waals surface area contributed by atoms with Crippen molar-refractivity contribution in [3.05, 3.63) is 30.3 Å². The van der Waals surface area contributed by atoms with E-state index in [0.717, 1.165) is 32.7 Å². The lowest BCUT2D eigenvalue weighted by Crippen LogP contribution is -2.49. The second kappa shape index (κ2) is 6.37. The van der Waals surface area contributed by atoms with Crippen LogP contribution < -0.4 is 4.90 Å². The van der Waals surface area contributed by atoms with Crippen LogP contribution in [0.2, 0.25) is 0 Å². The first-order chi connectivity index (χ1) is 9.83. The van der Waals surface area contributed by atoms with Crippen molar-refractivity contribution in [3.63, 3.8) is 0 Å². The Bertz CT molecular complexity index is 441. The molecule has 1 atom stereocenters. The lowest BCUT2D eigenvalue weighted by Gasteiger charge is -2.37. The average molecular weight is 274 g/mol. The van der Waals surface area contributed by atoms with E-state index in [2.05, 4.69) is 40.1 Å². The Morgan fingerprint density at radius 2 is 1.85 bits per heavy atom. The fourth-order valence-corrected chi connectivity index (χ4v) is 2.99. The molecule has 20 heavy (non-hydrogen) atoms. The Labute approximate surface area is 120 Å². The molecule has 1 aromatic rings. The second-order valence-corrected chi connectivity index (χ2v) is 5.61. The molecule has 0 aliphatic carbocycles. The molecule has 1 aromatic carbocycles. The number of hydrogen-bond donors (Lipinski definition) is 0. The van der Waals surface area contributed by atoms with E-state index < -0.39 is 0 Å². The third kappa shape index (κ3) is 3.19. The molecule has 3 rings (SSSR count). The van der Waals surface area contributed by atoms with Crippen molar-refractivity contribution in [2.24, 2.45) is 5.92 Å². The Kier molecular flexibility index (Phi) is 4.33. The third-order valence-electron chi connectivity index (χ3n) is 4.24. The summed E-state index contributed by atoms with van der Waals surface area (Å²) in [7, 11) is 0. The average Bonchev–Trinajstić information content (AvgIpc) is 2.51. The summed E-state index contributed by atoms with van der Waals surface area (Å²) in [6, 6.07) is 10.5. The van der Waals surface area contributed by atoms with Gasteiger partial charge in [0, 0.05) is 44.8 Å². The van der Waals surface area contributed by atoms with Crippen molar-refractivity contribution in [2.45, 2.75) is 6.42 Å². The van der Waals surface area contributed by atoms with Gasteiger partial charge in [0.05, 0.1) is 19.1 Å². The van der Waals surface area contributed by atoms with Crippen molar-refractivity contribution in [1.29, 1.82) is 0 Å². The quantitative estimate of drug-likeness (QED) is 0.834. The largest absolute Gasteiger partial charge is 0.380 e. The molecule has 2 aliphatic rings. The van der Waals surface area contributed by atoms with Gasteiger partial charge in [-0.25, -0.2) is 0 Å². The van der Waals surface area contributed by atoms with Crippen LogP contribution in [0.3, 0.4) is 0 Å². The van der Waals surface area contributed by atoms with Crippen LogP contribution in [-0.2, 0) is 9.53 Å². The molecule has 0 N–H and O–H groups in total. The number of nitrogens with zero attached hydrogens (tertiary/aromatic N) is 2. The summed E-state index contributed by atoms with van der Waals surface area (Å²) < 4.78 is 5.43. The van der Waals surface area contributed by atoms with Crippen LogP contribution in [0, 0.1) is 5.92 Å². The smallest absolute Gasteiger partial charge is 0.141 e. The zero-order chi connectivity index (χ0) is 13.8. The van der Waals surface area contributed by atoms with Gasteiger partial charge in [-0.3, -0.25) is 9.69 Å². The minimum Gasteiger partial charge on any atom is -0.380 e. The molecule has 2 aliphatic heterocycles. The van der Waals surface area contributed by atoms with Gasteiger partial charge in [-0.15, -0.1) is 0 Å². The zero-order valence-corrected chi connectivity index (χ0v) is 11.8. The molecule has 0 radical (unpaired) electrons. The van der Waals surface area contributed by atoms with E-state index in [4.69, 9.17) is 4.74 Å². The summed E-state index contributed by atoms with van der Waals surface area (Å²) in [6.45, 7) is 6.20. The summed E-state index contributed by atoms with van der Waals surface area (Å²) >= 11 is 0.